The van der Waals surface area contributed by atoms with Crippen molar-refractivity contribution in [2.75, 3.05) is 14.2 Å². The fraction of sp³-hybridized carbons (Fsp3) is 0.583. The molecular weight excluding hydrogens is 237 g/mol. The van der Waals surface area contributed by atoms with Crippen molar-refractivity contribution in [2.24, 2.45) is 0 Å². The number of nitrogens with zero attached hydrogens (tertiary/aromatic N) is 1. The summed E-state index contributed by atoms with van der Waals surface area (Å²) in [6, 6.07) is 2.15. The molecule has 0 aliphatic heterocycles. The van der Waals surface area contributed by atoms with Crippen LogP contribution in [0.5, 0.6) is 0 Å². The Hall–Kier alpha value is -0.880. The molecule has 0 aromatic carbocycles. The van der Waals surface area contributed by atoms with Crippen LogP contribution >= 0.6 is 7.60 Å². The number of hydrogen-bond donors (Lipinski definition) is 0. The van der Waals surface area contributed by atoms with E-state index < -0.39 is 7.60 Å². The second-order valence-electron chi connectivity index (χ2n) is 4.20. The number of nitriles is 1. The zero-order valence-corrected chi connectivity index (χ0v) is 11.6. The van der Waals surface area contributed by atoms with E-state index in [0.29, 0.717) is 12.8 Å². The Morgan fingerprint density at radius 3 is 2.47 bits per heavy atom. The molecule has 0 saturated carbocycles. The van der Waals surface area contributed by atoms with Crippen LogP contribution in [0.3, 0.4) is 0 Å². The van der Waals surface area contributed by atoms with Gasteiger partial charge in [-0.3, -0.25) is 4.57 Å². The molecular formula is C12H18NO3P. The summed E-state index contributed by atoms with van der Waals surface area (Å²) in [5.41, 5.74) is 2.40. The van der Waals surface area contributed by atoms with Gasteiger partial charge in [0.25, 0.3) is 0 Å². The van der Waals surface area contributed by atoms with Gasteiger partial charge in [-0.1, -0.05) is 5.57 Å². The first-order chi connectivity index (χ1) is 7.98. The van der Waals surface area contributed by atoms with Crippen molar-refractivity contribution in [1.82, 2.24) is 0 Å². The van der Waals surface area contributed by atoms with E-state index in [1.54, 1.807) is 0 Å². The maximum Gasteiger partial charge on any atom is 0.337 e. The Balaban J connectivity index is 3.21. The Morgan fingerprint density at radius 1 is 1.47 bits per heavy atom. The van der Waals surface area contributed by atoms with E-state index in [1.165, 1.54) is 14.2 Å². The SMILES string of the molecule is COP(=O)(OC)C1CCC(C#N)=CC1=C(C)C. The highest BCUT2D eigenvalue weighted by Gasteiger charge is 2.38. The average Bonchev–Trinajstić information content (AvgIpc) is 2.37. The molecule has 1 atom stereocenters. The minimum atomic E-state index is -3.12. The van der Waals surface area contributed by atoms with Crippen LogP contribution in [0.25, 0.3) is 0 Å². The Morgan fingerprint density at radius 2 is 2.06 bits per heavy atom. The van der Waals surface area contributed by atoms with Crippen LogP contribution in [0.4, 0.5) is 0 Å². The van der Waals surface area contributed by atoms with Gasteiger partial charge in [0.15, 0.2) is 0 Å². The molecule has 4 nitrogen and oxygen atoms in total. The van der Waals surface area contributed by atoms with Crippen molar-refractivity contribution >= 4 is 7.60 Å². The third kappa shape index (κ3) is 2.87. The van der Waals surface area contributed by atoms with E-state index >= 15 is 0 Å². The summed E-state index contributed by atoms with van der Waals surface area (Å²) in [7, 11) is -0.317. The molecule has 5 heteroatoms. The summed E-state index contributed by atoms with van der Waals surface area (Å²) in [4.78, 5) is 0. The van der Waals surface area contributed by atoms with Gasteiger partial charge < -0.3 is 9.05 Å². The minimum Gasteiger partial charge on any atom is -0.312 e. The Labute approximate surface area is 102 Å². The molecule has 1 unspecified atom stereocenters. The third-order valence-electron chi connectivity index (χ3n) is 2.99. The first kappa shape index (κ1) is 14.2. The summed E-state index contributed by atoms with van der Waals surface area (Å²) >= 11 is 0. The molecule has 1 aliphatic rings. The van der Waals surface area contributed by atoms with E-state index in [1.807, 2.05) is 19.9 Å². The standard InChI is InChI=1S/C12H18NO3P/c1-9(2)11-7-10(8-13)5-6-12(11)17(14,15-3)16-4/h7,12H,5-6H2,1-4H3. The molecule has 0 amide bonds. The molecule has 0 spiro atoms. The average molecular weight is 255 g/mol. The molecule has 17 heavy (non-hydrogen) atoms. The van der Waals surface area contributed by atoms with Gasteiger partial charge in [-0.05, 0) is 38.3 Å². The molecule has 0 radical (unpaired) electrons. The van der Waals surface area contributed by atoms with Crippen LogP contribution in [-0.4, -0.2) is 19.9 Å². The first-order valence-electron chi connectivity index (χ1n) is 5.47. The van der Waals surface area contributed by atoms with E-state index in [0.717, 1.165) is 16.7 Å². The highest BCUT2D eigenvalue weighted by molar-refractivity contribution is 7.54. The van der Waals surface area contributed by atoms with E-state index in [4.69, 9.17) is 14.3 Å². The van der Waals surface area contributed by atoms with Crippen molar-refractivity contribution in [3.63, 3.8) is 0 Å². The van der Waals surface area contributed by atoms with E-state index in [-0.39, 0.29) is 5.66 Å². The summed E-state index contributed by atoms with van der Waals surface area (Å²) in [6.07, 6.45) is 3.06. The molecule has 0 fully saturated rings. The summed E-state index contributed by atoms with van der Waals surface area (Å²) < 4.78 is 22.6. The number of allylic oxidation sites excluding steroid dienone is 4. The van der Waals surface area contributed by atoms with E-state index in [2.05, 4.69) is 6.07 Å². The fourth-order valence-corrected chi connectivity index (χ4v) is 3.80. The maximum atomic E-state index is 12.4. The van der Waals surface area contributed by atoms with Crippen molar-refractivity contribution in [3.05, 3.63) is 22.8 Å². The lowest BCUT2D eigenvalue weighted by Gasteiger charge is -2.29. The van der Waals surface area contributed by atoms with Gasteiger partial charge in [0.2, 0.25) is 0 Å². The minimum absolute atomic E-state index is 0.264. The van der Waals surface area contributed by atoms with Crippen LogP contribution in [0, 0.1) is 11.3 Å². The molecule has 0 aromatic heterocycles. The van der Waals surface area contributed by atoms with Crippen LogP contribution in [0.2, 0.25) is 0 Å². The van der Waals surface area contributed by atoms with Crippen molar-refractivity contribution in [3.8, 4) is 6.07 Å². The van der Waals surface area contributed by atoms with Gasteiger partial charge in [-0.25, -0.2) is 0 Å². The Bertz CT molecular complexity index is 433. The first-order valence-corrected chi connectivity index (χ1v) is 7.09. The van der Waals surface area contributed by atoms with Gasteiger partial charge >= 0.3 is 7.60 Å². The highest BCUT2D eigenvalue weighted by atomic mass is 31.2. The van der Waals surface area contributed by atoms with Crippen LogP contribution < -0.4 is 0 Å². The summed E-state index contributed by atoms with van der Waals surface area (Å²) in [5.74, 6) is 0. The molecule has 94 valence electrons. The van der Waals surface area contributed by atoms with Gasteiger partial charge in [0.1, 0.15) is 0 Å². The predicted molar refractivity (Wildman–Crippen MR) is 66.7 cm³/mol. The zero-order valence-electron chi connectivity index (χ0n) is 10.7. The zero-order chi connectivity index (χ0) is 13.1. The second-order valence-corrected chi connectivity index (χ2v) is 6.63. The van der Waals surface area contributed by atoms with Crippen LogP contribution in [-0.2, 0) is 13.6 Å². The van der Waals surface area contributed by atoms with E-state index in [9.17, 15) is 4.57 Å². The molecule has 0 N–H and O–H groups in total. The van der Waals surface area contributed by atoms with Gasteiger partial charge in [-0.2, -0.15) is 5.26 Å². The third-order valence-corrected chi connectivity index (χ3v) is 5.31. The van der Waals surface area contributed by atoms with Crippen molar-refractivity contribution in [2.45, 2.75) is 32.3 Å². The lowest BCUT2D eigenvalue weighted by Crippen LogP contribution is -2.18. The maximum absolute atomic E-state index is 12.4. The quantitative estimate of drug-likeness (QED) is 0.725. The van der Waals surface area contributed by atoms with Crippen molar-refractivity contribution in [1.29, 1.82) is 5.26 Å². The van der Waals surface area contributed by atoms with Gasteiger partial charge in [0, 0.05) is 19.8 Å². The molecule has 1 rings (SSSR count). The van der Waals surface area contributed by atoms with Gasteiger partial charge in [-0.15, -0.1) is 0 Å². The lowest BCUT2D eigenvalue weighted by atomic mass is 9.93. The number of hydrogen-bond acceptors (Lipinski definition) is 4. The topological polar surface area (TPSA) is 59.3 Å². The van der Waals surface area contributed by atoms with Crippen molar-refractivity contribution < 1.29 is 13.6 Å². The lowest BCUT2D eigenvalue weighted by molar-refractivity contribution is 0.267. The second kappa shape index (κ2) is 5.64. The molecule has 0 bridgehead atoms. The summed E-state index contributed by atoms with van der Waals surface area (Å²) in [6.45, 7) is 3.88. The van der Waals surface area contributed by atoms with Crippen LogP contribution in [0.15, 0.2) is 22.8 Å². The largest absolute Gasteiger partial charge is 0.337 e. The van der Waals surface area contributed by atoms with Gasteiger partial charge in [0.05, 0.1) is 11.7 Å². The Kier molecular flexibility index (Phi) is 4.70. The summed E-state index contributed by atoms with van der Waals surface area (Å²) in [5, 5.41) is 8.92. The molecule has 0 saturated heterocycles. The number of rotatable bonds is 3. The molecule has 0 aromatic rings. The normalized spacial score (nSPS) is 20.8. The van der Waals surface area contributed by atoms with Crippen LogP contribution in [0.1, 0.15) is 26.7 Å². The monoisotopic (exact) mass is 255 g/mol. The molecule has 0 heterocycles. The smallest absolute Gasteiger partial charge is 0.312 e. The predicted octanol–water partition coefficient (Wildman–Crippen LogP) is 3.42. The highest BCUT2D eigenvalue weighted by Crippen LogP contribution is 2.57. The fourth-order valence-electron chi connectivity index (χ4n) is 2.03. The molecule has 1 aliphatic carbocycles.